The van der Waals surface area contributed by atoms with Gasteiger partial charge < -0.3 is 20.7 Å². The van der Waals surface area contributed by atoms with Crippen molar-refractivity contribution in [3.05, 3.63) is 35.9 Å². The molecule has 0 saturated heterocycles. The van der Waals surface area contributed by atoms with Gasteiger partial charge in [-0.2, -0.15) is 0 Å². The third-order valence-electron chi connectivity index (χ3n) is 4.12. The third kappa shape index (κ3) is 9.73. The molecule has 1 aromatic rings. The molecule has 0 aliphatic rings. The molecule has 1 rings (SSSR count). The molecule has 0 aliphatic carbocycles. The minimum Gasteiger partial charge on any atom is -0.377 e. The number of nitrogens with zero attached hydrogens (tertiary/aromatic N) is 1. The minimum absolute atomic E-state index is 0. The van der Waals surface area contributed by atoms with E-state index in [-0.39, 0.29) is 41.2 Å². The van der Waals surface area contributed by atoms with Crippen LogP contribution in [0.4, 0.5) is 0 Å². The maximum Gasteiger partial charge on any atom is 0.191 e. The van der Waals surface area contributed by atoms with Crippen molar-refractivity contribution in [2.24, 2.45) is 4.99 Å². The fraction of sp³-hybridized carbons (Fsp3) is 0.650. The quantitative estimate of drug-likeness (QED) is 0.289. The van der Waals surface area contributed by atoms with E-state index in [9.17, 15) is 0 Å². The van der Waals surface area contributed by atoms with Crippen molar-refractivity contribution < 1.29 is 4.74 Å². The van der Waals surface area contributed by atoms with E-state index < -0.39 is 0 Å². The summed E-state index contributed by atoms with van der Waals surface area (Å²) < 4.78 is 5.46. The molecule has 3 N–H and O–H groups in total. The zero-order valence-corrected chi connectivity index (χ0v) is 19.7. The Morgan fingerprint density at radius 1 is 1.12 bits per heavy atom. The number of methoxy groups -OCH3 is 1. The Kier molecular flexibility index (Phi) is 11.4. The van der Waals surface area contributed by atoms with Crippen molar-refractivity contribution in [1.29, 1.82) is 0 Å². The van der Waals surface area contributed by atoms with E-state index in [0.29, 0.717) is 13.1 Å². The van der Waals surface area contributed by atoms with Crippen LogP contribution in [0, 0.1) is 0 Å². The lowest BCUT2D eigenvalue weighted by Gasteiger charge is -2.30. The van der Waals surface area contributed by atoms with E-state index in [1.54, 1.807) is 7.11 Å². The van der Waals surface area contributed by atoms with Gasteiger partial charge in [-0.25, -0.2) is 0 Å². The SMILES string of the molecule is CCNC(=NCC(C)(C)NC(C)c1ccccc1)NCC(C)(C)OC.I. The van der Waals surface area contributed by atoms with Gasteiger partial charge in [0.25, 0.3) is 0 Å². The second-order valence-corrected chi connectivity index (χ2v) is 7.67. The summed E-state index contributed by atoms with van der Waals surface area (Å²) in [6.07, 6.45) is 0. The summed E-state index contributed by atoms with van der Waals surface area (Å²) in [6.45, 7) is 14.9. The van der Waals surface area contributed by atoms with E-state index in [4.69, 9.17) is 9.73 Å². The molecular weight excluding hydrogens is 439 g/mol. The van der Waals surface area contributed by atoms with Crippen LogP contribution in [-0.2, 0) is 4.74 Å². The number of guanidine groups is 1. The summed E-state index contributed by atoms with van der Waals surface area (Å²) in [5, 5.41) is 10.3. The van der Waals surface area contributed by atoms with Crippen LogP contribution in [0.3, 0.4) is 0 Å². The van der Waals surface area contributed by atoms with Crippen LogP contribution in [0.25, 0.3) is 0 Å². The van der Waals surface area contributed by atoms with Crippen LogP contribution in [0.2, 0.25) is 0 Å². The van der Waals surface area contributed by atoms with Gasteiger partial charge in [0.05, 0.1) is 12.1 Å². The highest BCUT2D eigenvalue weighted by molar-refractivity contribution is 14.0. The van der Waals surface area contributed by atoms with Crippen molar-refractivity contribution in [2.45, 2.75) is 58.7 Å². The van der Waals surface area contributed by atoms with Gasteiger partial charge >= 0.3 is 0 Å². The summed E-state index contributed by atoms with van der Waals surface area (Å²) in [4.78, 5) is 4.75. The van der Waals surface area contributed by atoms with E-state index >= 15 is 0 Å². The van der Waals surface area contributed by atoms with Gasteiger partial charge in [-0.3, -0.25) is 4.99 Å². The maximum atomic E-state index is 5.46. The average Bonchev–Trinajstić information content (AvgIpc) is 2.58. The highest BCUT2D eigenvalue weighted by Crippen LogP contribution is 2.16. The largest absolute Gasteiger partial charge is 0.377 e. The molecule has 1 unspecified atom stereocenters. The number of halogens is 1. The van der Waals surface area contributed by atoms with Crippen LogP contribution < -0.4 is 16.0 Å². The van der Waals surface area contributed by atoms with E-state index in [2.05, 4.69) is 81.8 Å². The molecule has 0 radical (unpaired) electrons. The van der Waals surface area contributed by atoms with Crippen molar-refractivity contribution >= 4 is 29.9 Å². The lowest BCUT2D eigenvalue weighted by Crippen LogP contribution is -2.47. The molecule has 0 saturated carbocycles. The standard InChI is InChI=1S/C20H36N4O.HI/c1-8-21-18(23-15-20(5,6)25-7)22-14-19(3,4)24-16(2)17-12-10-9-11-13-17;/h9-13,16,24H,8,14-15H2,1-7H3,(H2,21,22,23);1H. The predicted octanol–water partition coefficient (Wildman–Crippen LogP) is 3.71. The molecule has 0 aliphatic heterocycles. The fourth-order valence-corrected chi connectivity index (χ4v) is 2.44. The van der Waals surface area contributed by atoms with Crippen molar-refractivity contribution in [2.75, 3.05) is 26.7 Å². The highest BCUT2D eigenvalue weighted by atomic mass is 127. The van der Waals surface area contributed by atoms with Gasteiger partial charge in [0, 0.05) is 31.8 Å². The van der Waals surface area contributed by atoms with Crippen LogP contribution in [0.15, 0.2) is 35.3 Å². The zero-order chi connectivity index (χ0) is 18.9. The molecule has 0 spiro atoms. The van der Waals surface area contributed by atoms with Gasteiger partial charge in [0.1, 0.15) is 0 Å². The number of hydrogen-bond donors (Lipinski definition) is 3. The lowest BCUT2D eigenvalue weighted by atomic mass is 10.0. The molecule has 26 heavy (non-hydrogen) atoms. The number of hydrogen-bond acceptors (Lipinski definition) is 3. The molecule has 0 fully saturated rings. The summed E-state index contributed by atoms with van der Waals surface area (Å²) in [6, 6.07) is 10.8. The molecule has 0 bridgehead atoms. The van der Waals surface area contributed by atoms with Gasteiger partial charge in [-0.05, 0) is 47.1 Å². The van der Waals surface area contributed by atoms with Gasteiger partial charge in [0.15, 0.2) is 5.96 Å². The van der Waals surface area contributed by atoms with E-state index in [1.807, 2.05) is 6.07 Å². The van der Waals surface area contributed by atoms with Crippen molar-refractivity contribution in [3.8, 4) is 0 Å². The van der Waals surface area contributed by atoms with Gasteiger partial charge in [-0.1, -0.05) is 30.3 Å². The van der Waals surface area contributed by atoms with Gasteiger partial charge in [-0.15, -0.1) is 24.0 Å². The molecule has 0 amide bonds. The van der Waals surface area contributed by atoms with E-state index in [1.165, 1.54) is 5.56 Å². The number of aliphatic imine (C=N–C) groups is 1. The molecule has 1 atom stereocenters. The maximum absolute atomic E-state index is 5.46. The number of benzene rings is 1. The lowest BCUT2D eigenvalue weighted by molar-refractivity contribution is 0.0268. The van der Waals surface area contributed by atoms with E-state index in [0.717, 1.165) is 12.5 Å². The van der Waals surface area contributed by atoms with Gasteiger partial charge in [0.2, 0.25) is 0 Å². The second kappa shape index (κ2) is 11.8. The molecule has 6 heteroatoms. The summed E-state index contributed by atoms with van der Waals surface area (Å²) in [5.74, 6) is 0.815. The fourth-order valence-electron chi connectivity index (χ4n) is 2.44. The number of ether oxygens (including phenoxy) is 1. The smallest absolute Gasteiger partial charge is 0.191 e. The summed E-state index contributed by atoms with van der Waals surface area (Å²) >= 11 is 0. The molecule has 5 nitrogen and oxygen atoms in total. The van der Waals surface area contributed by atoms with Crippen molar-refractivity contribution in [1.82, 2.24) is 16.0 Å². The zero-order valence-electron chi connectivity index (χ0n) is 17.3. The normalized spacial score (nSPS) is 13.7. The van der Waals surface area contributed by atoms with Crippen LogP contribution in [-0.4, -0.2) is 43.8 Å². The Balaban J connectivity index is 0.00000625. The Hall–Kier alpha value is -0.860. The van der Waals surface area contributed by atoms with Crippen molar-refractivity contribution in [3.63, 3.8) is 0 Å². The first kappa shape index (κ1) is 25.1. The molecular formula is C20H37IN4O. The number of rotatable bonds is 9. The molecule has 150 valence electrons. The molecule has 0 aromatic heterocycles. The first-order valence-corrected chi connectivity index (χ1v) is 9.09. The molecule has 1 aromatic carbocycles. The summed E-state index contributed by atoms with van der Waals surface area (Å²) in [5.41, 5.74) is 0.937. The summed E-state index contributed by atoms with van der Waals surface area (Å²) in [7, 11) is 1.73. The Morgan fingerprint density at radius 3 is 2.27 bits per heavy atom. The topological polar surface area (TPSA) is 57.7 Å². The first-order chi connectivity index (χ1) is 11.7. The monoisotopic (exact) mass is 476 g/mol. The second-order valence-electron chi connectivity index (χ2n) is 7.67. The highest BCUT2D eigenvalue weighted by Gasteiger charge is 2.21. The average molecular weight is 476 g/mol. The van der Waals surface area contributed by atoms with Crippen LogP contribution in [0.1, 0.15) is 53.1 Å². The van der Waals surface area contributed by atoms with Crippen LogP contribution in [0.5, 0.6) is 0 Å². The number of nitrogens with one attached hydrogen (secondary N) is 3. The Labute approximate surface area is 176 Å². The third-order valence-corrected chi connectivity index (χ3v) is 4.12. The Bertz CT molecular complexity index is 532. The predicted molar refractivity (Wildman–Crippen MR) is 123 cm³/mol. The van der Waals surface area contributed by atoms with Crippen LogP contribution >= 0.6 is 24.0 Å². The molecule has 0 heterocycles. The minimum atomic E-state index is -0.230. The Morgan fingerprint density at radius 2 is 1.73 bits per heavy atom. The first-order valence-electron chi connectivity index (χ1n) is 9.09.